The van der Waals surface area contributed by atoms with Gasteiger partial charge < -0.3 is 0 Å². The average Bonchev–Trinajstić information content (AvgIpc) is 2.17. The standard InChI is InChI=1S/C11H14F3N/c1-2-10-6-5-9(8-15-10)4-3-7-11(12,13)14/h5-6,8H,2-4,7H2,1H3. The summed E-state index contributed by atoms with van der Waals surface area (Å²) in [6.07, 6.45) is -1.68. The third-order valence-corrected chi connectivity index (χ3v) is 2.17. The molecule has 0 aliphatic carbocycles. The Balaban J connectivity index is 2.38. The smallest absolute Gasteiger partial charge is 0.261 e. The molecule has 0 amide bonds. The molecule has 0 radical (unpaired) electrons. The summed E-state index contributed by atoms with van der Waals surface area (Å²) in [7, 11) is 0. The van der Waals surface area contributed by atoms with Crippen molar-refractivity contribution in [1.82, 2.24) is 4.98 Å². The van der Waals surface area contributed by atoms with Crippen LogP contribution in [0.5, 0.6) is 0 Å². The van der Waals surface area contributed by atoms with E-state index in [4.69, 9.17) is 0 Å². The molecule has 84 valence electrons. The first-order valence-corrected chi connectivity index (χ1v) is 5.02. The summed E-state index contributed by atoms with van der Waals surface area (Å²) in [5.74, 6) is 0. The second-order valence-corrected chi connectivity index (χ2v) is 3.48. The van der Waals surface area contributed by atoms with Crippen LogP contribution in [0.3, 0.4) is 0 Å². The molecule has 1 nitrogen and oxygen atoms in total. The molecule has 0 aliphatic rings. The molecule has 1 heterocycles. The largest absolute Gasteiger partial charge is 0.389 e. The summed E-state index contributed by atoms with van der Waals surface area (Å²) < 4.78 is 35.6. The minimum atomic E-state index is -4.04. The Morgan fingerprint density at radius 2 is 2.00 bits per heavy atom. The van der Waals surface area contributed by atoms with E-state index in [1.807, 2.05) is 19.1 Å². The Hall–Kier alpha value is -1.06. The van der Waals surface area contributed by atoms with Crippen molar-refractivity contribution in [1.29, 1.82) is 0 Å². The molecule has 0 spiro atoms. The highest BCUT2D eigenvalue weighted by molar-refractivity contribution is 5.14. The summed E-state index contributed by atoms with van der Waals surface area (Å²) in [6.45, 7) is 1.99. The zero-order valence-corrected chi connectivity index (χ0v) is 8.64. The molecule has 4 heteroatoms. The molecule has 0 saturated heterocycles. The van der Waals surface area contributed by atoms with Crippen molar-refractivity contribution in [2.45, 2.75) is 38.8 Å². The van der Waals surface area contributed by atoms with Gasteiger partial charge in [-0.25, -0.2) is 0 Å². The van der Waals surface area contributed by atoms with E-state index in [1.54, 1.807) is 6.20 Å². The van der Waals surface area contributed by atoms with E-state index < -0.39 is 12.6 Å². The van der Waals surface area contributed by atoms with E-state index in [9.17, 15) is 13.2 Å². The molecule has 1 rings (SSSR count). The Kier molecular flexibility index (Phi) is 4.12. The molecule has 0 atom stereocenters. The number of pyridine rings is 1. The van der Waals surface area contributed by atoms with Crippen molar-refractivity contribution in [2.24, 2.45) is 0 Å². The number of rotatable bonds is 4. The third kappa shape index (κ3) is 4.81. The summed E-state index contributed by atoms with van der Waals surface area (Å²) in [4.78, 5) is 4.13. The molecular weight excluding hydrogens is 203 g/mol. The van der Waals surface area contributed by atoms with Crippen LogP contribution < -0.4 is 0 Å². The lowest BCUT2D eigenvalue weighted by Crippen LogP contribution is -2.07. The first-order valence-electron chi connectivity index (χ1n) is 5.02. The van der Waals surface area contributed by atoms with Crippen molar-refractivity contribution in [3.8, 4) is 0 Å². The van der Waals surface area contributed by atoms with Crippen LogP contribution in [-0.4, -0.2) is 11.2 Å². The summed E-state index contributed by atoms with van der Waals surface area (Å²) in [6, 6.07) is 3.71. The van der Waals surface area contributed by atoms with Gasteiger partial charge >= 0.3 is 6.18 Å². The van der Waals surface area contributed by atoms with E-state index in [-0.39, 0.29) is 6.42 Å². The maximum atomic E-state index is 11.9. The number of aromatic nitrogens is 1. The van der Waals surface area contributed by atoms with Gasteiger partial charge in [0.25, 0.3) is 0 Å². The van der Waals surface area contributed by atoms with Crippen LogP contribution in [0.1, 0.15) is 31.0 Å². The average molecular weight is 217 g/mol. The number of hydrogen-bond donors (Lipinski definition) is 0. The Morgan fingerprint density at radius 3 is 2.47 bits per heavy atom. The van der Waals surface area contributed by atoms with Gasteiger partial charge in [-0.3, -0.25) is 4.98 Å². The van der Waals surface area contributed by atoms with Crippen LogP contribution in [0.25, 0.3) is 0 Å². The second kappa shape index (κ2) is 5.14. The topological polar surface area (TPSA) is 12.9 Å². The summed E-state index contributed by atoms with van der Waals surface area (Å²) in [5.41, 5.74) is 1.84. The maximum absolute atomic E-state index is 11.9. The van der Waals surface area contributed by atoms with Gasteiger partial charge in [0, 0.05) is 18.3 Å². The molecule has 0 N–H and O–H groups in total. The van der Waals surface area contributed by atoms with Gasteiger partial charge in [-0.1, -0.05) is 13.0 Å². The van der Waals surface area contributed by atoms with Crippen molar-refractivity contribution in [3.05, 3.63) is 29.6 Å². The van der Waals surface area contributed by atoms with Crippen LogP contribution in [-0.2, 0) is 12.8 Å². The Labute approximate surface area is 87.3 Å². The zero-order chi connectivity index (χ0) is 11.3. The first kappa shape index (κ1) is 12.0. The summed E-state index contributed by atoms with van der Waals surface area (Å²) >= 11 is 0. The normalized spacial score (nSPS) is 11.7. The minimum absolute atomic E-state index is 0.136. The van der Waals surface area contributed by atoms with Crippen LogP contribution >= 0.6 is 0 Å². The van der Waals surface area contributed by atoms with Gasteiger partial charge in [0.05, 0.1) is 0 Å². The highest BCUT2D eigenvalue weighted by Crippen LogP contribution is 2.22. The van der Waals surface area contributed by atoms with E-state index >= 15 is 0 Å². The fraction of sp³-hybridized carbons (Fsp3) is 0.545. The van der Waals surface area contributed by atoms with E-state index in [0.717, 1.165) is 17.7 Å². The molecule has 1 aromatic rings. The van der Waals surface area contributed by atoms with Crippen molar-refractivity contribution >= 4 is 0 Å². The lowest BCUT2D eigenvalue weighted by Gasteiger charge is -2.05. The monoisotopic (exact) mass is 217 g/mol. The van der Waals surface area contributed by atoms with Crippen LogP contribution in [0, 0.1) is 0 Å². The Morgan fingerprint density at radius 1 is 1.27 bits per heavy atom. The van der Waals surface area contributed by atoms with E-state index in [0.29, 0.717) is 6.42 Å². The zero-order valence-electron chi connectivity index (χ0n) is 8.64. The molecule has 0 aromatic carbocycles. The van der Waals surface area contributed by atoms with Crippen LogP contribution in [0.15, 0.2) is 18.3 Å². The quantitative estimate of drug-likeness (QED) is 0.751. The fourth-order valence-corrected chi connectivity index (χ4v) is 1.31. The highest BCUT2D eigenvalue weighted by Gasteiger charge is 2.25. The molecular formula is C11H14F3N. The van der Waals surface area contributed by atoms with Crippen molar-refractivity contribution < 1.29 is 13.2 Å². The van der Waals surface area contributed by atoms with Crippen molar-refractivity contribution in [2.75, 3.05) is 0 Å². The molecule has 0 fully saturated rings. The number of hydrogen-bond acceptors (Lipinski definition) is 1. The highest BCUT2D eigenvalue weighted by atomic mass is 19.4. The molecule has 0 unspecified atom stereocenters. The predicted molar refractivity (Wildman–Crippen MR) is 52.6 cm³/mol. The van der Waals surface area contributed by atoms with E-state index in [1.165, 1.54) is 0 Å². The Bertz CT molecular complexity index is 290. The second-order valence-electron chi connectivity index (χ2n) is 3.48. The molecule has 1 aromatic heterocycles. The lowest BCUT2D eigenvalue weighted by atomic mass is 10.1. The molecule has 15 heavy (non-hydrogen) atoms. The van der Waals surface area contributed by atoms with Gasteiger partial charge in [-0.15, -0.1) is 0 Å². The minimum Gasteiger partial charge on any atom is -0.261 e. The number of alkyl halides is 3. The number of aryl methyl sites for hydroxylation is 2. The van der Waals surface area contributed by atoms with Gasteiger partial charge in [-0.05, 0) is 30.9 Å². The fourth-order valence-electron chi connectivity index (χ4n) is 1.31. The van der Waals surface area contributed by atoms with Gasteiger partial charge in [0.15, 0.2) is 0 Å². The number of nitrogens with zero attached hydrogens (tertiary/aromatic N) is 1. The molecule has 0 bridgehead atoms. The van der Waals surface area contributed by atoms with Gasteiger partial charge in [0.2, 0.25) is 0 Å². The van der Waals surface area contributed by atoms with Crippen LogP contribution in [0.2, 0.25) is 0 Å². The van der Waals surface area contributed by atoms with Gasteiger partial charge in [-0.2, -0.15) is 13.2 Å². The van der Waals surface area contributed by atoms with Crippen molar-refractivity contribution in [3.63, 3.8) is 0 Å². The first-order chi connectivity index (χ1) is 7.01. The SMILES string of the molecule is CCc1ccc(CCCC(F)(F)F)cn1. The maximum Gasteiger partial charge on any atom is 0.389 e. The molecule has 0 saturated carbocycles. The lowest BCUT2D eigenvalue weighted by molar-refractivity contribution is -0.135. The molecule has 0 aliphatic heterocycles. The van der Waals surface area contributed by atoms with Gasteiger partial charge in [0.1, 0.15) is 0 Å². The predicted octanol–water partition coefficient (Wildman–Crippen LogP) is 3.53. The summed E-state index contributed by atoms with van der Waals surface area (Å²) in [5, 5.41) is 0. The number of halogens is 3. The van der Waals surface area contributed by atoms with E-state index in [2.05, 4.69) is 4.98 Å². The third-order valence-electron chi connectivity index (χ3n) is 2.17. The van der Waals surface area contributed by atoms with Crippen LogP contribution in [0.4, 0.5) is 13.2 Å².